The third-order valence-corrected chi connectivity index (χ3v) is 9.12. The summed E-state index contributed by atoms with van der Waals surface area (Å²) in [5.41, 5.74) is 11.3. The van der Waals surface area contributed by atoms with Crippen LogP contribution in [0.4, 0.5) is 0 Å². The van der Waals surface area contributed by atoms with Crippen molar-refractivity contribution in [2.24, 2.45) is 7.05 Å². The van der Waals surface area contributed by atoms with E-state index >= 15 is 0 Å². The van der Waals surface area contributed by atoms with Crippen molar-refractivity contribution in [3.63, 3.8) is 0 Å². The van der Waals surface area contributed by atoms with Crippen molar-refractivity contribution in [3.8, 4) is 0 Å². The van der Waals surface area contributed by atoms with E-state index in [0.717, 1.165) is 11.4 Å². The van der Waals surface area contributed by atoms with Gasteiger partial charge in [-0.1, -0.05) is 147 Å². The molecule has 5 aromatic heterocycles. The van der Waals surface area contributed by atoms with E-state index < -0.39 is 0 Å². The molecule has 5 heterocycles. The Hall–Kier alpha value is -5.03. The van der Waals surface area contributed by atoms with Crippen LogP contribution in [0.2, 0.25) is 0 Å². The van der Waals surface area contributed by atoms with Gasteiger partial charge in [-0.05, 0) is 127 Å². The van der Waals surface area contributed by atoms with Crippen LogP contribution in [0.1, 0.15) is 190 Å². The zero-order chi connectivity index (χ0) is 45.6. The first kappa shape index (κ1) is 58.1. The molecule has 0 saturated carbocycles. The van der Waals surface area contributed by atoms with Gasteiger partial charge in [-0.2, -0.15) is 0 Å². The molecule has 0 unspecified atom stereocenters. The maximum atomic E-state index is 4.37. The zero-order valence-electron chi connectivity index (χ0n) is 40.9. The van der Waals surface area contributed by atoms with Crippen molar-refractivity contribution in [1.82, 2.24) is 19.9 Å². The molecule has 0 aliphatic rings. The minimum Gasteiger partial charge on any atom is -0.265 e. The van der Waals surface area contributed by atoms with Crippen LogP contribution in [0, 0.1) is 20.8 Å². The summed E-state index contributed by atoms with van der Waals surface area (Å²) >= 11 is 0. The van der Waals surface area contributed by atoms with Gasteiger partial charge in [0, 0.05) is 59.7 Å². The lowest BCUT2D eigenvalue weighted by atomic mass is 10.0. The summed E-state index contributed by atoms with van der Waals surface area (Å²) in [6, 6.07) is 33.4. The van der Waals surface area contributed by atoms with E-state index in [0.29, 0.717) is 35.5 Å². The van der Waals surface area contributed by atoms with Gasteiger partial charge in [-0.25, -0.2) is 4.57 Å². The number of pyridine rings is 5. The molecule has 6 rings (SSSR count). The zero-order valence-corrected chi connectivity index (χ0v) is 40.9. The maximum absolute atomic E-state index is 4.37. The Morgan fingerprint density at radius 1 is 0.426 bits per heavy atom. The summed E-state index contributed by atoms with van der Waals surface area (Å²) in [7, 11) is 2.03. The fourth-order valence-electron chi connectivity index (χ4n) is 5.12. The summed E-state index contributed by atoms with van der Waals surface area (Å²) in [5, 5.41) is 0. The van der Waals surface area contributed by atoms with Crippen LogP contribution in [0.25, 0.3) is 0 Å². The molecule has 0 N–H and O–H groups in total. The molecule has 0 spiro atoms. The molecule has 5 nitrogen and oxygen atoms in total. The molecule has 0 saturated heterocycles. The van der Waals surface area contributed by atoms with Gasteiger partial charge in [0.15, 0.2) is 12.4 Å². The van der Waals surface area contributed by atoms with Crippen LogP contribution < -0.4 is 4.57 Å². The fraction of sp³-hybridized carbons (Fsp3) is 0.446. The summed E-state index contributed by atoms with van der Waals surface area (Å²) < 4.78 is 2.05. The van der Waals surface area contributed by atoms with Crippen LogP contribution >= 0.6 is 0 Å². The molecule has 0 amide bonds. The SMILES string of the molecule is C.CC.CC(C)c1cc[n+](C)cc1.CC(C)c1ccccc1.CC(C)c1ccncc1.Cc1cc(C(C)C)ccn1.Cc1ccc(C(C)C)nc1.Cc1cccc(C(C)C)n1. The predicted molar refractivity (Wildman–Crippen MR) is 268 cm³/mol. The Bertz CT molecular complexity index is 1750. The summed E-state index contributed by atoms with van der Waals surface area (Å²) in [5.74, 6) is 3.61. The lowest BCUT2D eigenvalue weighted by molar-refractivity contribution is -0.671. The van der Waals surface area contributed by atoms with E-state index in [4.69, 9.17) is 0 Å². The van der Waals surface area contributed by atoms with Gasteiger partial charge in [0.25, 0.3) is 0 Å². The summed E-state index contributed by atoms with van der Waals surface area (Å²) in [6.45, 7) is 36.2. The van der Waals surface area contributed by atoms with Gasteiger partial charge in [0.2, 0.25) is 0 Å². The van der Waals surface area contributed by atoms with Gasteiger partial charge in [-0.15, -0.1) is 0 Å². The average molecular weight is 829 g/mol. The molecule has 0 fully saturated rings. The molecular formula is C56H86N5+. The quantitative estimate of drug-likeness (QED) is 0.157. The van der Waals surface area contributed by atoms with Crippen molar-refractivity contribution in [2.45, 2.75) is 161 Å². The second-order valence-electron chi connectivity index (χ2n) is 16.6. The van der Waals surface area contributed by atoms with Crippen LogP contribution in [-0.4, -0.2) is 19.9 Å². The maximum Gasteiger partial charge on any atom is 0.168 e. The topological polar surface area (TPSA) is 55.4 Å². The normalized spacial score (nSPS) is 9.90. The van der Waals surface area contributed by atoms with Crippen LogP contribution in [-0.2, 0) is 7.05 Å². The minimum absolute atomic E-state index is 0. The highest BCUT2D eigenvalue weighted by Crippen LogP contribution is 2.15. The van der Waals surface area contributed by atoms with Gasteiger partial charge in [-0.3, -0.25) is 19.9 Å². The van der Waals surface area contributed by atoms with Crippen molar-refractivity contribution in [1.29, 1.82) is 0 Å². The smallest absolute Gasteiger partial charge is 0.168 e. The molecule has 61 heavy (non-hydrogen) atoms. The molecule has 0 bridgehead atoms. The predicted octanol–water partition coefficient (Wildman–Crippen LogP) is 15.9. The van der Waals surface area contributed by atoms with E-state index in [9.17, 15) is 0 Å². The molecule has 5 heteroatoms. The molecule has 0 radical (unpaired) electrons. The molecule has 0 aliphatic carbocycles. The number of benzene rings is 1. The molecular weight excluding hydrogens is 743 g/mol. The molecule has 6 aromatic rings. The van der Waals surface area contributed by atoms with Crippen molar-refractivity contribution < 1.29 is 4.57 Å². The van der Waals surface area contributed by atoms with Crippen molar-refractivity contribution in [3.05, 3.63) is 185 Å². The standard InChI is InChI=1S/C9H14N.3C9H13N.C9H12.C8H11N.C2H6.CH4/c1-8(2)9-4-6-10(3)7-5-9;1-7(2)9-4-5-10-8(3)6-9;1-7(2)9-5-4-8(3)6-10-9;1-7(2)9-6-4-5-8(3)10-9;1-8(2)9-6-4-3-5-7-9;1-7(2)8-3-5-9-6-4-8;1-2;/h4-8H,1-3H3;3*4-7H,1-3H3;3-8H,1-2H3;3-7H,1-2H3;1-2H3;1H4/q+1;;;;;;;. The number of aromatic nitrogens is 5. The van der Waals surface area contributed by atoms with E-state index in [1.54, 1.807) is 0 Å². The van der Waals surface area contributed by atoms with E-state index in [1.165, 1.54) is 39.2 Å². The first-order valence-electron chi connectivity index (χ1n) is 22.1. The van der Waals surface area contributed by atoms with E-state index in [2.05, 4.69) is 195 Å². The molecule has 1 aromatic carbocycles. The summed E-state index contributed by atoms with van der Waals surface area (Å²) in [6.07, 6.45) is 11.6. The van der Waals surface area contributed by atoms with Crippen molar-refractivity contribution >= 4 is 0 Å². The Labute approximate surface area is 375 Å². The molecule has 334 valence electrons. The highest BCUT2D eigenvalue weighted by molar-refractivity contribution is 5.19. The van der Waals surface area contributed by atoms with E-state index in [-0.39, 0.29) is 7.43 Å². The largest absolute Gasteiger partial charge is 0.265 e. The number of hydrogen-bond acceptors (Lipinski definition) is 4. The third kappa shape index (κ3) is 27.4. The van der Waals surface area contributed by atoms with Gasteiger partial charge < -0.3 is 0 Å². The van der Waals surface area contributed by atoms with Gasteiger partial charge >= 0.3 is 0 Å². The Morgan fingerprint density at radius 3 is 1.26 bits per heavy atom. The first-order chi connectivity index (χ1) is 28.4. The number of nitrogens with zero attached hydrogens (tertiary/aromatic N) is 5. The lowest BCUT2D eigenvalue weighted by Crippen LogP contribution is -2.26. The van der Waals surface area contributed by atoms with Gasteiger partial charge in [0.05, 0.1) is 0 Å². The highest BCUT2D eigenvalue weighted by atomic mass is 14.9. The van der Waals surface area contributed by atoms with Crippen LogP contribution in [0.3, 0.4) is 0 Å². The van der Waals surface area contributed by atoms with Crippen LogP contribution in [0.5, 0.6) is 0 Å². The Balaban J connectivity index is 0. The van der Waals surface area contributed by atoms with E-state index in [1.807, 2.05) is 88.4 Å². The average Bonchev–Trinajstić information content (AvgIpc) is 3.24. The van der Waals surface area contributed by atoms with Gasteiger partial charge in [0.1, 0.15) is 7.05 Å². The third-order valence-electron chi connectivity index (χ3n) is 9.12. The Morgan fingerprint density at radius 2 is 0.902 bits per heavy atom. The van der Waals surface area contributed by atoms with Crippen LogP contribution in [0.15, 0.2) is 134 Å². The fourth-order valence-corrected chi connectivity index (χ4v) is 5.12. The summed E-state index contributed by atoms with van der Waals surface area (Å²) in [4.78, 5) is 16.7. The number of aryl methyl sites for hydroxylation is 4. The lowest BCUT2D eigenvalue weighted by Gasteiger charge is -2.03. The number of rotatable bonds is 6. The second kappa shape index (κ2) is 33.7. The second-order valence-corrected chi connectivity index (χ2v) is 16.6. The first-order valence-corrected chi connectivity index (χ1v) is 22.1. The molecule has 0 aliphatic heterocycles. The monoisotopic (exact) mass is 829 g/mol. The Kier molecular flexibility index (Phi) is 32.0. The number of hydrogen-bond donors (Lipinski definition) is 0. The minimum atomic E-state index is 0. The van der Waals surface area contributed by atoms with Crippen molar-refractivity contribution in [2.75, 3.05) is 0 Å². The highest BCUT2D eigenvalue weighted by Gasteiger charge is 2.01. The molecule has 0 atom stereocenters.